The van der Waals surface area contributed by atoms with E-state index in [9.17, 15) is 0 Å². The topological polar surface area (TPSA) is 34.0 Å². The predicted octanol–water partition coefficient (Wildman–Crippen LogP) is 3.78. The largest absolute Gasteiger partial charge is 0.323 e. The summed E-state index contributed by atoms with van der Waals surface area (Å²) in [5.41, 5.74) is 2.07. The van der Waals surface area contributed by atoms with E-state index in [1.165, 1.54) is 32.4 Å². The van der Waals surface area contributed by atoms with Gasteiger partial charge in [-0.1, -0.05) is 6.42 Å². The Morgan fingerprint density at radius 2 is 2.00 bits per heavy atom. The lowest BCUT2D eigenvalue weighted by Gasteiger charge is -2.30. The van der Waals surface area contributed by atoms with Crippen molar-refractivity contribution in [3.05, 3.63) is 24.3 Å². The normalized spacial score (nSPS) is 19.8. The molecule has 4 nitrogen and oxygen atoms in total. The zero-order valence-corrected chi connectivity index (χ0v) is 13.6. The number of halogens is 1. The standard InChI is InChI=1S/C16H23ClN4/c1-12(11-20-8-4-3-5-9-20)21-15-6-7-18-10-14(15)19-16(21)13(2)17/h6-7,10,12-13H,3-5,8-9,11H2,1-2H3. The molecular weight excluding hydrogens is 284 g/mol. The highest BCUT2D eigenvalue weighted by Crippen LogP contribution is 2.28. The number of imidazole rings is 1. The average molecular weight is 307 g/mol. The van der Waals surface area contributed by atoms with Crippen LogP contribution < -0.4 is 0 Å². The first-order chi connectivity index (χ1) is 10.2. The van der Waals surface area contributed by atoms with Gasteiger partial charge in [0.05, 0.1) is 17.1 Å². The molecule has 2 aromatic rings. The van der Waals surface area contributed by atoms with Crippen molar-refractivity contribution in [1.29, 1.82) is 0 Å². The van der Waals surface area contributed by atoms with Crippen molar-refractivity contribution >= 4 is 22.6 Å². The third-order valence-electron chi connectivity index (χ3n) is 4.29. The fourth-order valence-corrected chi connectivity index (χ4v) is 3.46. The van der Waals surface area contributed by atoms with E-state index in [-0.39, 0.29) is 5.38 Å². The van der Waals surface area contributed by atoms with E-state index in [1.807, 2.05) is 25.4 Å². The van der Waals surface area contributed by atoms with Gasteiger partial charge in [-0.2, -0.15) is 0 Å². The lowest BCUT2D eigenvalue weighted by Crippen LogP contribution is -2.34. The maximum atomic E-state index is 6.35. The molecule has 0 radical (unpaired) electrons. The molecule has 0 aromatic carbocycles. The van der Waals surface area contributed by atoms with Gasteiger partial charge in [0, 0.05) is 18.8 Å². The van der Waals surface area contributed by atoms with Gasteiger partial charge in [0.1, 0.15) is 11.3 Å². The maximum absolute atomic E-state index is 6.35. The van der Waals surface area contributed by atoms with E-state index in [2.05, 4.69) is 26.4 Å². The molecule has 114 valence electrons. The van der Waals surface area contributed by atoms with Gasteiger partial charge in [-0.05, 0) is 45.8 Å². The lowest BCUT2D eigenvalue weighted by atomic mass is 10.1. The predicted molar refractivity (Wildman–Crippen MR) is 86.8 cm³/mol. The number of nitrogens with zero attached hydrogens (tertiary/aromatic N) is 4. The molecule has 1 saturated heterocycles. The molecule has 0 saturated carbocycles. The van der Waals surface area contributed by atoms with Gasteiger partial charge in [0.15, 0.2) is 0 Å². The molecule has 1 aliphatic rings. The minimum Gasteiger partial charge on any atom is -0.323 e. The summed E-state index contributed by atoms with van der Waals surface area (Å²) < 4.78 is 2.29. The Bertz CT molecular complexity index is 601. The van der Waals surface area contributed by atoms with Crippen molar-refractivity contribution in [2.45, 2.75) is 44.5 Å². The van der Waals surface area contributed by atoms with E-state index >= 15 is 0 Å². The minimum absolute atomic E-state index is 0.0961. The molecule has 2 aromatic heterocycles. The molecule has 1 aliphatic heterocycles. The zero-order valence-electron chi connectivity index (χ0n) is 12.8. The third kappa shape index (κ3) is 3.06. The minimum atomic E-state index is -0.0961. The van der Waals surface area contributed by atoms with Crippen molar-refractivity contribution in [2.75, 3.05) is 19.6 Å². The number of aromatic nitrogens is 3. The van der Waals surface area contributed by atoms with Crippen molar-refractivity contribution in [3.8, 4) is 0 Å². The van der Waals surface area contributed by atoms with Crippen LogP contribution >= 0.6 is 11.6 Å². The van der Waals surface area contributed by atoms with Crippen LogP contribution in [0, 0.1) is 0 Å². The summed E-state index contributed by atoms with van der Waals surface area (Å²) >= 11 is 6.35. The number of piperidine rings is 1. The number of hydrogen-bond donors (Lipinski definition) is 0. The third-order valence-corrected chi connectivity index (χ3v) is 4.48. The Morgan fingerprint density at radius 1 is 1.24 bits per heavy atom. The van der Waals surface area contributed by atoms with Crippen LogP contribution in [-0.4, -0.2) is 39.1 Å². The number of alkyl halides is 1. The maximum Gasteiger partial charge on any atom is 0.128 e. The van der Waals surface area contributed by atoms with Gasteiger partial charge in [0.2, 0.25) is 0 Å². The van der Waals surface area contributed by atoms with E-state index in [4.69, 9.17) is 11.6 Å². The highest BCUT2D eigenvalue weighted by Gasteiger charge is 2.21. The molecule has 2 atom stereocenters. The van der Waals surface area contributed by atoms with Crippen molar-refractivity contribution in [2.24, 2.45) is 0 Å². The molecule has 3 heterocycles. The van der Waals surface area contributed by atoms with Gasteiger partial charge in [-0.3, -0.25) is 4.98 Å². The molecule has 0 bridgehead atoms. The molecule has 2 unspecified atom stereocenters. The summed E-state index contributed by atoms with van der Waals surface area (Å²) in [6.07, 6.45) is 7.66. The highest BCUT2D eigenvalue weighted by molar-refractivity contribution is 6.20. The van der Waals surface area contributed by atoms with Crippen LogP contribution in [0.15, 0.2) is 18.5 Å². The fourth-order valence-electron chi connectivity index (χ4n) is 3.31. The Balaban J connectivity index is 1.91. The number of hydrogen-bond acceptors (Lipinski definition) is 3. The molecule has 5 heteroatoms. The highest BCUT2D eigenvalue weighted by atomic mass is 35.5. The SMILES string of the molecule is CC(Cl)c1nc2cnccc2n1C(C)CN1CCCCC1. The number of likely N-dealkylation sites (tertiary alicyclic amines) is 1. The summed E-state index contributed by atoms with van der Waals surface area (Å²) in [7, 11) is 0. The van der Waals surface area contributed by atoms with Gasteiger partial charge in [-0.15, -0.1) is 11.6 Å². The Kier molecular flexibility index (Phi) is 4.45. The van der Waals surface area contributed by atoms with Crippen LogP contribution in [0.5, 0.6) is 0 Å². The van der Waals surface area contributed by atoms with Crippen LogP contribution in [-0.2, 0) is 0 Å². The number of fused-ring (bicyclic) bond motifs is 1. The van der Waals surface area contributed by atoms with Gasteiger partial charge >= 0.3 is 0 Å². The second-order valence-electron chi connectivity index (χ2n) is 6.03. The number of rotatable bonds is 4. The van der Waals surface area contributed by atoms with Crippen LogP contribution in [0.25, 0.3) is 11.0 Å². The molecule has 1 fully saturated rings. The van der Waals surface area contributed by atoms with Gasteiger partial charge < -0.3 is 9.47 Å². The van der Waals surface area contributed by atoms with E-state index < -0.39 is 0 Å². The Morgan fingerprint density at radius 3 is 2.71 bits per heavy atom. The summed E-state index contributed by atoms with van der Waals surface area (Å²) in [6.45, 7) is 7.73. The second kappa shape index (κ2) is 6.32. The molecule has 3 rings (SSSR count). The first kappa shape index (κ1) is 14.8. The molecule has 0 spiro atoms. The molecule has 0 aliphatic carbocycles. The molecular formula is C16H23ClN4. The summed E-state index contributed by atoms with van der Waals surface area (Å²) in [5, 5.41) is -0.0961. The zero-order chi connectivity index (χ0) is 14.8. The van der Waals surface area contributed by atoms with Gasteiger partial charge in [-0.25, -0.2) is 4.98 Å². The van der Waals surface area contributed by atoms with Crippen LogP contribution in [0.4, 0.5) is 0 Å². The molecule has 21 heavy (non-hydrogen) atoms. The van der Waals surface area contributed by atoms with Crippen molar-refractivity contribution < 1.29 is 0 Å². The summed E-state index contributed by atoms with van der Waals surface area (Å²) in [6, 6.07) is 2.41. The smallest absolute Gasteiger partial charge is 0.128 e. The molecule has 0 N–H and O–H groups in total. The molecule has 0 amide bonds. The second-order valence-corrected chi connectivity index (χ2v) is 6.69. The number of pyridine rings is 1. The fraction of sp³-hybridized carbons (Fsp3) is 0.625. The van der Waals surface area contributed by atoms with Crippen LogP contribution in [0.2, 0.25) is 0 Å². The van der Waals surface area contributed by atoms with E-state index in [1.54, 1.807) is 0 Å². The summed E-state index contributed by atoms with van der Waals surface area (Å²) in [4.78, 5) is 11.4. The van der Waals surface area contributed by atoms with E-state index in [0.29, 0.717) is 6.04 Å². The Hall–Kier alpha value is -1.13. The van der Waals surface area contributed by atoms with E-state index in [0.717, 1.165) is 23.4 Å². The monoisotopic (exact) mass is 306 g/mol. The van der Waals surface area contributed by atoms with Crippen molar-refractivity contribution in [1.82, 2.24) is 19.4 Å². The Labute approximate surface area is 131 Å². The van der Waals surface area contributed by atoms with Crippen molar-refractivity contribution in [3.63, 3.8) is 0 Å². The average Bonchev–Trinajstić information content (AvgIpc) is 2.88. The van der Waals surface area contributed by atoms with Crippen LogP contribution in [0.3, 0.4) is 0 Å². The first-order valence-corrected chi connectivity index (χ1v) is 8.28. The summed E-state index contributed by atoms with van der Waals surface area (Å²) in [5.74, 6) is 0.948. The lowest BCUT2D eigenvalue weighted by molar-refractivity contribution is 0.202. The first-order valence-electron chi connectivity index (χ1n) is 7.85. The van der Waals surface area contributed by atoms with Gasteiger partial charge in [0.25, 0.3) is 0 Å². The quantitative estimate of drug-likeness (QED) is 0.806. The van der Waals surface area contributed by atoms with Crippen LogP contribution in [0.1, 0.15) is 50.4 Å².